The molecule has 1 atom stereocenters. The van der Waals surface area contributed by atoms with Crippen molar-refractivity contribution >= 4 is 11.8 Å². The summed E-state index contributed by atoms with van der Waals surface area (Å²) < 4.78 is 13.9. The Labute approximate surface area is 180 Å². The van der Waals surface area contributed by atoms with Crippen molar-refractivity contribution in [2.75, 3.05) is 6.54 Å². The van der Waals surface area contributed by atoms with Crippen LogP contribution in [-0.4, -0.2) is 18.3 Å². The minimum atomic E-state index is -0.466. The first-order valence-corrected chi connectivity index (χ1v) is 10.5. The number of halogens is 1. The standard InChI is InChI=1S/C23H37FN6/c1-6-7-17(3)14-20(10-8-16(2)12-13-27-23(25)26)11-9-18(4)29-22-21(24)15-28-19(5)30-22/h15,20,28H,2-14H2,1H3,(H,29,30)(H4,25,26,27). The Bertz CT molecular complexity index is 719. The van der Waals surface area contributed by atoms with Crippen LogP contribution < -0.4 is 21.7 Å². The van der Waals surface area contributed by atoms with E-state index in [0.29, 0.717) is 24.7 Å². The minimum absolute atomic E-state index is 0.0178. The van der Waals surface area contributed by atoms with Crippen molar-refractivity contribution < 1.29 is 4.39 Å². The number of rotatable bonds is 14. The maximum absolute atomic E-state index is 13.9. The molecule has 0 saturated carbocycles. The van der Waals surface area contributed by atoms with E-state index in [9.17, 15) is 4.39 Å². The molecule has 0 aromatic carbocycles. The third-order valence-electron chi connectivity index (χ3n) is 4.87. The zero-order valence-electron chi connectivity index (χ0n) is 18.2. The third-order valence-corrected chi connectivity index (χ3v) is 4.87. The molecule has 0 spiro atoms. The second kappa shape index (κ2) is 13.4. The molecule has 0 radical (unpaired) electrons. The molecule has 1 aliphatic rings. The summed E-state index contributed by atoms with van der Waals surface area (Å²) in [6.45, 7) is 18.9. The van der Waals surface area contributed by atoms with E-state index >= 15 is 0 Å². The molecule has 1 heterocycles. The summed E-state index contributed by atoms with van der Waals surface area (Å²) in [7, 11) is 0. The van der Waals surface area contributed by atoms with Gasteiger partial charge in [-0.2, -0.15) is 0 Å². The Balaban J connectivity index is 2.54. The summed E-state index contributed by atoms with van der Waals surface area (Å²) in [6, 6.07) is 0. The molecule has 0 aromatic heterocycles. The highest BCUT2D eigenvalue weighted by Crippen LogP contribution is 2.27. The molecule has 0 saturated heterocycles. The van der Waals surface area contributed by atoms with E-state index in [1.807, 2.05) is 0 Å². The molecule has 0 aliphatic carbocycles. The number of amidine groups is 1. The fourth-order valence-electron chi connectivity index (χ4n) is 3.25. The summed E-state index contributed by atoms with van der Waals surface area (Å²) in [5.74, 6) is 0.494. The van der Waals surface area contributed by atoms with Gasteiger partial charge in [0.05, 0.1) is 0 Å². The van der Waals surface area contributed by atoms with Crippen LogP contribution in [-0.2, 0) is 0 Å². The lowest BCUT2D eigenvalue weighted by molar-refractivity contribution is 0.436. The van der Waals surface area contributed by atoms with E-state index in [4.69, 9.17) is 11.1 Å². The van der Waals surface area contributed by atoms with Crippen LogP contribution in [0, 0.1) is 11.3 Å². The molecule has 1 aliphatic heterocycles. The van der Waals surface area contributed by atoms with E-state index in [-0.39, 0.29) is 11.8 Å². The lowest BCUT2D eigenvalue weighted by atomic mass is 9.87. The van der Waals surface area contributed by atoms with E-state index in [0.717, 1.165) is 56.2 Å². The number of hydrogen-bond acceptors (Lipinski definition) is 4. The molecule has 0 fully saturated rings. The minimum Gasteiger partial charge on any atom is -0.370 e. The first kappa shape index (κ1) is 25.2. The van der Waals surface area contributed by atoms with Crippen LogP contribution in [0.4, 0.5) is 4.39 Å². The molecule has 6 nitrogen and oxygen atoms in total. The van der Waals surface area contributed by atoms with Gasteiger partial charge >= 0.3 is 0 Å². The molecule has 1 unspecified atom stereocenters. The van der Waals surface area contributed by atoms with Gasteiger partial charge in [-0.1, -0.05) is 50.8 Å². The first-order valence-electron chi connectivity index (χ1n) is 10.5. The summed E-state index contributed by atoms with van der Waals surface area (Å²) >= 11 is 0. The average molecular weight is 417 g/mol. The Morgan fingerprint density at radius 2 is 1.90 bits per heavy atom. The maximum atomic E-state index is 13.9. The zero-order chi connectivity index (χ0) is 22.5. The predicted molar refractivity (Wildman–Crippen MR) is 125 cm³/mol. The number of allylic oxidation sites excluding steroid dienone is 2. The molecular weight excluding hydrogens is 379 g/mol. The lowest BCUT2D eigenvalue weighted by Crippen LogP contribution is -2.31. The molecule has 0 amide bonds. The molecule has 1 rings (SSSR count). The van der Waals surface area contributed by atoms with Gasteiger partial charge in [0, 0.05) is 18.4 Å². The normalized spacial score (nSPS) is 14.1. The molecule has 0 bridgehead atoms. The SMILES string of the molecule is C=C(CCNC(=N)N)CCC(CCC(=C)NC1=NC(=C)NC=C1F)CC(=C)CCC. The van der Waals surface area contributed by atoms with Crippen molar-refractivity contribution in [3.63, 3.8) is 0 Å². The summed E-state index contributed by atoms with van der Waals surface area (Å²) in [5.41, 5.74) is 8.44. The highest BCUT2D eigenvalue weighted by atomic mass is 19.1. The number of nitrogens with zero attached hydrogens (tertiary/aromatic N) is 1. The van der Waals surface area contributed by atoms with Gasteiger partial charge in [0.25, 0.3) is 0 Å². The maximum Gasteiger partial charge on any atom is 0.185 e. The summed E-state index contributed by atoms with van der Waals surface area (Å²) in [5, 5.41) is 15.6. The van der Waals surface area contributed by atoms with Gasteiger partial charge in [-0.05, 0) is 50.9 Å². The van der Waals surface area contributed by atoms with E-state index in [2.05, 4.69) is 54.2 Å². The number of nitrogens with two attached hydrogens (primary N) is 1. The lowest BCUT2D eigenvalue weighted by Gasteiger charge is -2.21. The van der Waals surface area contributed by atoms with Crippen molar-refractivity contribution in [2.24, 2.45) is 16.6 Å². The summed E-state index contributed by atoms with van der Waals surface area (Å²) in [6.07, 6.45) is 8.67. The van der Waals surface area contributed by atoms with Gasteiger partial charge in [0.15, 0.2) is 17.6 Å². The fraction of sp³-hybridized carbons (Fsp3) is 0.478. The van der Waals surface area contributed by atoms with Crippen LogP contribution in [0.1, 0.15) is 58.3 Å². The van der Waals surface area contributed by atoms with Gasteiger partial charge in [-0.15, -0.1) is 0 Å². The van der Waals surface area contributed by atoms with Gasteiger partial charge in [0.2, 0.25) is 0 Å². The molecule has 0 aromatic rings. The monoisotopic (exact) mass is 416 g/mol. The molecule has 30 heavy (non-hydrogen) atoms. The van der Waals surface area contributed by atoms with Gasteiger partial charge in [0.1, 0.15) is 5.82 Å². The number of aliphatic imine (C=N–C) groups is 1. The van der Waals surface area contributed by atoms with Crippen molar-refractivity contribution in [1.29, 1.82) is 5.41 Å². The smallest absolute Gasteiger partial charge is 0.185 e. The predicted octanol–water partition coefficient (Wildman–Crippen LogP) is 4.73. The van der Waals surface area contributed by atoms with E-state index < -0.39 is 5.83 Å². The second-order valence-corrected chi connectivity index (χ2v) is 7.76. The van der Waals surface area contributed by atoms with Crippen molar-refractivity contribution in [3.05, 3.63) is 61.0 Å². The third kappa shape index (κ3) is 10.6. The van der Waals surface area contributed by atoms with Crippen LogP contribution in [0.5, 0.6) is 0 Å². The van der Waals surface area contributed by atoms with Gasteiger partial charge in [-0.3, -0.25) is 5.41 Å². The van der Waals surface area contributed by atoms with Crippen molar-refractivity contribution in [1.82, 2.24) is 16.0 Å². The Hall–Kier alpha value is -2.83. The van der Waals surface area contributed by atoms with Crippen LogP contribution >= 0.6 is 0 Å². The summed E-state index contributed by atoms with van der Waals surface area (Å²) in [4.78, 5) is 4.04. The van der Waals surface area contributed by atoms with Crippen molar-refractivity contribution in [3.8, 4) is 0 Å². The molecule has 6 N–H and O–H groups in total. The number of hydrogen-bond donors (Lipinski definition) is 5. The molecule has 7 heteroatoms. The van der Waals surface area contributed by atoms with Crippen LogP contribution in [0.3, 0.4) is 0 Å². The van der Waals surface area contributed by atoms with Crippen LogP contribution in [0.15, 0.2) is 66.0 Å². The Morgan fingerprint density at radius 1 is 1.20 bits per heavy atom. The Morgan fingerprint density at radius 3 is 2.57 bits per heavy atom. The van der Waals surface area contributed by atoms with E-state index in [1.165, 1.54) is 11.8 Å². The van der Waals surface area contributed by atoms with Crippen LogP contribution in [0.2, 0.25) is 0 Å². The van der Waals surface area contributed by atoms with Gasteiger partial charge in [-0.25, -0.2) is 9.38 Å². The molecular formula is C23H37FN6. The number of guanidine groups is 1. The second-order valence-electron chi connectivity index (χ2n) is 7.76. The topological polar surface area (TPSA) is 98.3 Å². The fourth-order valence-corrected chi connectivity index (χ4v) is 3.25. The average Bonchev–Trinajstić information content (AvgIpc) is 2.66. The first-order chi connectivity index (χ1) is 14.2. The van der Waals surface area contributed by atoms with Crippen LogP contribution in [0.25, 0.3) is 0 Å². The molecule has 166 valence electrons. The highest BCUT2D eigenvalue weighted by molar-refractivity contribution is 5.98. The quantitative estimate of drug-likeness (QED) is 0.161. The largest absolute Gasteiger partial charge is 0.370 e. The highest BCUT2D eigenvalue weighted by Gasteiger charge is 2.15. The zero-order valence-corrected chi connectivity index (χ0v) is 18.2. The van der Waals surface area contributed by atoms with E-state index in [1.54, 1.807) is 0 Å². The van der Waals surface area contributed by atoms with Crippen molar-refractivity contribution in [2.45, 2.75) is 58.3 Å². The van der Waals surface area contributed by atoms with Gasteiger partial charge < -0.3 is 21.7 Å². The Kier molecular flexibility index (Phi) is 11.3. The number of nitrogens with one attached hydrogen (secondary N) is 4.